The van der Waals surface area contributed by atoms with Gasteiger partial charge in [0.25, 0.3) is 0 Å². The van der Waals surface area contributed by atoms with Gasteiger partial charge in [0.1, 0.15) is 0 Å². The van der Waals surface area contributed by atoms with E-state index in [0.717, 1.165) is 0 Å². The third-order valence-electron chi connectivity index (χ3n) is 6.50. The number of hydrogen-bond acceptors (Lipinski definition) is 0. The zero-order chi connectivity index (χ0) is 52.2. The summed E-state index contributed by atoms with van der Waals surface area (Å²) in [6.45, 7) is 0. The van der Waals surface area contributed by atoms with E-state index in [1.165, 1.54) is 0 Å². The molecular formula is C42H28. The normalized spacial score (nSPS) is 20.7. The number of benzene rings is 8. The van der Waals surface area contributed by atoms with E-state index in [4.69, 9.17) is 26.0 Å². The molecule has 42 heavy (non-hydrogen) atoms. The summed E-state index contributed by atoms with van der Waals surface area (Å²) in [5, 5.41) is -4.90. The molecule has 0 nitrogen and oxygen atoms in total. The van der Waals surface area contributed by atoms with E-state index >= 15 is 0 Å². The first-order valence-electron chi connectivity index (χ1n) is 26.2. The molecule has 0 aromatic heterocycles. The summed E-state index contributed by atoms with van der Waals surface area (Å²) < 4.78 is 250. The molecule has 8 aromatic carbocycles. The van der Waals surface area contributed by atoms with Crippen molar-refractivity contribution in [1.29, 1.82) is 0 Å². The van der Waals surface area contributed by atoms with Crippen molar-refractivity contribution in [3.63, 3.8) is 0 Å². The predicted molar refractivity (Wildman–Crippen MR) is 181 cm³/mol. The molecule has 0 N–H and O–H groups in total. The highest BCUT2D eigenvalue weighted by Gasteiger charge is 2.19. The lowest BCUT2D eigenvalue weighted by atomic mass is 9.83. The molecule has 0 saturated carbocycles. The van der Waals surface area contributed by atoms with Gasteiger partial charge < -0.3 is 0 Å². The summed E-state index contributed by atoms with van der Waals surface area (Å²) in [5.74, 6) is 0. The zero-order valence-corrected chi connectivity index (χ0v) is 21.0. The Hall–Kier alpha value is -5.46. The number of rotatable bonds is 4. The van der Waals surface area contributed by atoms with Crippen LogP contribution in [0.15, 0.2) is 169 Å². The molecule has 196 valence electrons. The molecule has 0 fully saturated rings. The van der Waals surface area contributed by atoms with E-state index in [1.807, 2.05) is 0 Å². The van der Waals surface area contributed by atoms with Crippen molar-refractivity contribution in [2.45, 2.75) is 0 Å². The van der Waals surface area contributed by atoms with Crippen LogP contribution < -0.4 is 0 Å². The molecule has 0 unspecified atom stereocenters. The Morgan fingerprint density at radius 1 is 0.262 bits per heavy atom. The lowest BCUT2D eigenvalue weighted by molar-refractivity contribution is 1.63. The van der Waals surface area contributed by atoms with Crippen molar-refractivity contribution in [3.05, 3.63) is 169 Å². The van der Waals surface area contributed by atoms with Gasteiger partial charge in [0.15, 0.2) is 0 Å². The van der Waals surface area contributed by atoms with Gasteiger partial charge in [-0.3, -0.25) is 0 Å². The fourth-order valence-electron chi connectivity index (χ4n) is 4.78. The van der Waals surface area contributed by atoms with E-state index < -0.39 is 246 Å². The van der Waals surface area contributed by atoms with Crippen molar-refractivity contribution in [2.24, 2.45) is 0 Å². The van der Waals surface area contributed by atoms with E-state index in [0.29, 0.717) is 0 Å². The summed E-state index contributed by atoms with van der Waals surface area (Å²) in [6.07, 6.45) is 0. The SMILES string of the molecule is [2H]c1c([2H])c([2H])c(-c2c([2H])c([2H])c3c(-c4c([2H])c([2H])c([2H])c([2H])c4[2H])c4c([2H])c([2H])c([2H])c([2H])c4c(-c4c([2H])c([2H])c(-c5c([2H])c([2H])c([2H])c([2H])c5[2H])c5c([2H])c([2H])c([2H])c([2H])c45)c3c2[2H])c([2H])c1[2H]. The van der Waals surface area contributed by atoms with Crippen molar-refractivity contribution in [2.75, 3.05) is 0 Å². The standard InChI is InChI=1S/C42H28/c1-4-14-29(15-5-1)32-24-25-39-40(28-32)42(37-23-13-12-22-36(37)41(39)31-18-8-3-9-19-31)38-27-26-33(30-16-6-2-7-17-30)34-20-10-11-21-35(34)38/h1-28H/i1D,2D,3D,4D,5D,6D,7D,8D,9D,10D,11D,12D,13D,14D,15D,16D,17D,18D,19D,20D,21D,22D,23D,24D,25D,26D,27D,28D. The van der Waals surface area contributed by atoms with Gasteiger partial charge in [0.2, 0.25) is 0 Å². The van der Waals surface area contributed by atoms with Gasteiger partial charge in [-0.05, 0) is 82.9 Å². The lowest BCUT2D eigenvalue weighted by Crippen LogP contribution is -1.93. The van der Waals surface area contributed by atoms with Crippen LogP contribution in [0.25, 0.3) is 76.8 Å². The first-order valence-corrected chi connectivity index (χ1v) is 12.2. The largest absolute Gasteiger partial charge is 0.0636 e. The van der Waals surface area contributed by atoms with Gasteiger partial charge in [-0.2, -0.15) is 0 Å². The molecule has 0 heterocycles. The minimum atomic E-state index is -1.14. The maximum atomic E-state index is 9.98. The van der Waals surface area contributed by atoms with Crippen LogP contribution in [-0.2, 0) is 0 Å². The monoisotopic (exact) mass is 560 g/mol. The lowest BCUT2D eigenvalue weighted by Gasteiger charge is -2.20. The first-order chi connectivity index (χ1) is 32.5. The van der Waals surface area contributed by atoms with Crippen molar-refractivity contribution >= 4 is 32.3 Å². The second kappa shape index (κ2) is 10.2. The molecule has 0 atom stereocenters. The molecule has 8 rings (SSSR count). The zero-order valence-electron chi connectivity index (χ0n) is 49.0. The Labute approximate surface area is 285 Å². The summed E-state index contributed by atoms with van der Waals surface area (Å²) in [7, 11) is 0. The molecule has 0 aliphatic carbocycles. The molecule has 0 radical (unpaired) electrons. The third kappa shape index (κ3) is 4.00. The van der Waals surface area contributed by atoms with E-state index in [9.17, 15) is 12.3 Å². The van der Waals surface area contributed by atoms with Gasteiger partial charge in [-0.25, -0.2) is 0 Å². The molecule has 8 aromatic rings. The molecular weight excluding hydrogens is 504 g/mol. The van der Waals surface area contributed by atoms with Crippen LogP contribution in [0.3, 0.4) is 0 Å². The molecule has 0 bridgehead atoms. The Balaban J connectivity index is 1.85. The quantitative estimate of drug-likeness (QED) is 0.188. The first kappa shape index (κ1) is 9.02. The summed E-state index contributed by atoms with van der Waals surface area (Å²) in [5.41, 5.74) is -6.68. The fourth-order valence-corrected chi connectivity index (χ4v) is 4.78. The van der Waals surface area contributed by atoms with Gasteiger partial charge in [0.05, 0.1) is 38.4 Å². The highest BCUT2D eigenvalue weighted by molar-refractivity contribution is 6.24. The van der Waals surface area contributed by atoms with Crippen LogP contribution in [0, 0.1) is 0 Å². The average molecular weight is 561 g/mol. The second-order valence-corrected chi connectivity index (χ2v) is 8.75. The van der Waals surface area contributed by atoms with E-state index in [1.54, 1.807) is 0 Å². The Morgan fingerprint density at radius 3 is 1.36 bits per heavy atom. The predicted octanol–water partition coefficient (Wildman–Crippen LogP) is 11.8. The Morgan fingerprint density at radius 2 is 0.714 bits per heavy atom. The maximum absolute atomic E-state index is 9.98. The van der Waals surface area contributed by atoms with Gasteiger partial charge in [-0.15, -0.1) is 0 Å². The summed E-state index contributed by atoms with van der Waals surface area (Å²) >= 11 is 0. The molecule has 0 aliphatic rings. The molecule has 0 aliphatic heterocycles. The van der Waals surface area contributed by atoms with Gasteiger partial charge >= 0.3 is 0 Å². The molecule has 0 heteroatoms. The smallest absolute Gasteiger partial charge is 0.0622 e. The summed E-state index contributed by atoms with van der Waals surface area (Å²) in [6, 6.07) is -28.3. The number of fused-ring (bicyclic) bond motifs is 3. The minimum Gasteiger partial charge on any atom is -0.0622 e. The highest BCUT2D eigenvalue weighted by atomic mass is 14.2. The van der Waals surface area contributed by atoms with Crippen LogP contribution in [0.4, 0.5) is 0 Å². The summed E-state index contributed by atoms with van der Waals surface area (Å²) in [4.78, 5) is 0. The molecule has 0 amide bonds. The number of hydrogen-bond donors (Lipinski definition) is 0. The van der Waals surface area contributed by atoms with E-state index in [-0.39, 0.29) is 0 Å². The van der Waals surface area contributed by atoms with Crippen LogP contribution in [0.5, 0.6) is 0 Å². The molecule has 0 saturated heterocycles. The Kier molecular flexibility index (Phi) is 2.19. The topological polar surface area (TPSA) is 0 Å². The van der Waals surface area contributed by atoms with Gasteiger partial charge in [-0.1, -0.05) is 163 Å². The van der Waals surface area contributed by atoms with Crippen molar-refractivity contribution < 1.29 is 38.4 Å². The van der Waals surface area contributed by atoms with Crippen molar-refractivity contribution in [1.82, 2.24) is 0 Å². The van der Waals surface area contributed by atoms with Crippen LogP contribution in [-0.4, -0.2) is 0 Å². The van der Waals surface area contributed by atoms with E-state index in [2.05, 4.69) is 0 Å². The second-order valence-electron chi connectivity index (χ2n) is 8.75. The minimum absolute atomic E-state index is 0.780. The van der Waals surface area contributed by atoms with Crippen LogP contribution >= 0.6 is 0 Å². The average Bonchev–Trinajstić information content (AvgIpc) is 3.33. The fraction of sp³-hybridized carbons (Fsp3) is 0. The van der Waals surface area contributed by atoms with Crippen LogP contribution in [0.2, 0.25) is 0 Å². The highest BCUT2D eigenvalue weighted by Crippen LogP contribution is 2.47. The Bertz CT molecular complexity index is 3710. The van der Waals surface area contributed by atoms with Crippen molar-refractivity contribution in [3.8, 4) is 44.5 Å². The van der Waals surface area contributed by atoms with Crippen LogP contribution in [0.1, 0.15) is 38.4 Å². The maximum Gasteiger partial charge on any atom is 0.0636 e. The van der Waals surface area contributed by atoms with Gasteiger partial charge in [0, 0.05) is 0 Å². The molecule has 0 spiro atoms. The third-order valence-corrected chi connectivity index (χ3v) is 6.50.